The van der Waals surface area contributed by atoms with E-state index < -0.39 is 35.9 Å². The van der Waals surface area contributed by atoms with Crippen LogP contribution in [0.1, 0.15) is 15.9 Å². The molecular formula is C19H15F2N3O3. The van der Waals surface area contributed by atoms with Crippen molar-refractivity contribution in [1.29, 1.82) is 0 Å². The van der Waals surface area contributed by atoms with E-state index in [1.165, 1.54) is 0 Å². The van der Waals surface area contributed by atoms with Crippen LogP contribution in [0, 0.1) is 24.0 Å². The highest BCUT2D eigenvalue weighted by atomic mass is 19.1. The van der Waals surface area contributed by atoms with Crippen LogP contribution in [-0.2, 0) is 9.59 Å². The molecule has 27 heavy (non-hydrogen) atoms. The number of amides is 3. The molecule has 8 heteroatoms. The summed E-state index contributed by atoms with van der Waals surface area (Å²) >= 11 is 0. The van der Waals surface area contributed by atoms with Gasteiger partial charge in [-0.05, 0) is 30.3 Å². The van der Waals surface area contributed by atoms with Crippen LogP contribution < -0.4 is 16.0 Å². The fourth-order valence-corrected chi connectivity index (χ4v) is 2.08. The molecule has 0 bridgehead atoms. The van der Waals surface area contributed by atoms with Gasteiger partial charge in [-0.15, -0.1) is 6.42 Å². The zero-order chi connectivity index (χ0) is 19.8. The predicted molar refractivity (Wildman–Crippen MR) is 94.7 cm³/mol. The first-order chi connectivity index (χ1) is 12.9. The molecule has 0 aliphatic rings. The van der Waals surface area contributed by atoms with Gasteiger partial charge in [-0.1, -0.05) is 12.0 Å². The summed E-state index contributed by atoms with van der Waals surface area (Å²) in [4.78, 5) is 35.3. The Morgan fingerprint density at radius 3 is 2.26 bits per heavy atom. The molecule has 6 nitrogen and oxygen atoms in total. The average Bonchev–Trinajstić information content (AvgIpc) is 2.63. The highest BCUT2D eigenvalue weighted by molar-refractivity contribution is 5.98. The van der Waals surface area contributed by atoms with Gasteiger partial charge < -0.3 is 16.0 Å². The molecule has 0 aliphatic heterocycles. The SMILES string of the molecule is C#Cc1cccc(NC(=O)CNC(=O)CNC(=O)c2cc(F)cc(F)c2)c1. The van der Waals surface area contributed by atoms with Crippen LogP contribution in [0.4, 0.5) is 14.5 Å². The molecular weight excluding hydrogens is 356 g/mol. The van der Waals surface area contributed by atoms with Crippen LogP contribution in [0.15, 0.2) is 42.5 Å². The lowest BCUT2D eigenvalue weighted by Crippen LogP contribution is -2.40. The van der Waals surface area contributed by atoms with E-state index in [1.807, 2.05) is 0 Å². The van der Waals surface area contributed by atoms with Gasteiger partial charge in [-0.2, -0.15) is 0 Å². The van der Waals surface area contributed by atoms with Gasteiger partial charge >= 0.3 is 0 Å². The van der Waals surface area contributed by atoms with E-state index in [0.29, 0.717) is 17.3 Å². The fourth-order valence-electron chi connectivity index (χ4n) is 2.08. The molecule has 2 aromatic rings. The van der Waals surface area contributed by atoms with Crippen LogP contribution >= 0.6 is 0 Å². The lowest BCUT2D eigenvalue weighted by atomic mass is 10.2. The van der Waals surface area contributed by atoms with E-state index in [1.54, 1.807) is 24.3 Å². The van der Waals surface area contributed by atoms with Crippen molar-refractivity contribution >= 4 is 23.4 Å². The van der Waals surface area contributed by atoms with Crippen molar-refractivity contribution in [3.05, 3.63) is 65.2 Å². The minimum atomic E-state index is -0.907. The third-order valence-electron chi connectivity index (χ3n) is 3.29. The Bertz CT molecular complexity index is 902. The van der Waals surface area contributed by atoms with Gasteiger partial charge in [-0.3, -0.25) is 14.4 Å². The average molecular weight is 371 g/mol. The summed E-state index contributed by atoms with van der Waals surface area (Å²) in [5, 5.41) is 7.07. The van der Waals surface area contributed by atoms with E-state index in [0.717, 1.165) is 12.1 Å². The Balaban J connectivity index is 1.77. The highest BCUT2D eigenvalue weighted by Crippen LogP contribution is 2.09. The number of anilines is 1. The first-order valence-corrected chi connectivity index (χ1v) is 7.75. The second-order valence-electron chi connectivity index (χ2n) is 5.39. The molecule has 0 atom stereocenters. The van der Waals surface area contributed by atoms with Gasteiger partial charge in [-0.25, -0.2) is 8.78 Å². The Morgan fingerprint density at radius 1 is 0.926 bits per heavy atom. The maximum absolute atomic E-state index is 13.1. The number of carbonyl (C=O) groups excluding carboxylic acids is 3. The molecule has 0 saturated heterocycles. The lowest BCUT2D eigenvalue weighted by Gasteiger charge is -2.08. The highest BCUT2D eigenvalue weighted by Gasteiger charge is 2.11. The summed E-state index contributed by atoms with van der Waals surface area (Å²) in [6.45, 7) is -0.791. The summed E-state index contributed by atoms with van der Waals surface area (Å²) in [7, 11) is 0. The molecule has 0 heterocycles. The molecule has 0 unspecified atom stereocenters. The monoisotopic (exact) mass is 371 g/mol. The van der Waals surface area contributed by atoms with Crippen molar-refractivity contribution in [3.8, 4) is 12.3 Å². The molecule has 0 aliphatic carbocycles. The molecule has 138 valence electrons. The molecule has 0 radical (unpaired) electrons. The van der Waals surface area contributed by atoms with E-state index in [2.05, 4.69) is 21.9 Å². The third kappa shape index (κ3) is 6.25. The number of nitrogens with one attached hydrogen (secondary N) is 3. The zero-order valence-electron chi connectivity index (χ0n) is 14.0. The molecule has 3 N–H and O–H groups in total. The van der Waals surface area contributed by atoms with E-state index in [-0.39, 0.29) is 12.1 Å². The number of rotatable bonds is 6. The van der Waals surface area contributed by atoms with Crippen molar-refractivity contribution in [1.82, 2.24) is 10.6 Å². The number of carbonyl (C=O) groups is 3. The molecule has 0 aromatic heterocycles. The molecule has 2 aromatic carbocycles. The normalized spacial score (nSPS) is 9.81. The lowest BCUT2D eigenvalue weighted by molar-refractivity contribution is -0.123. The number of halogens is 2. The van der Waals surface area contributed by atoms with Crippen molar-refractivity contribution in [3.63, 3.8) is 0 Å². The third-order valence-corrected chi connectivity index (χ3v) is 3.29. The van der Waals surface area contributed by atoms with E-state index in [9.17, 15) is 23.2 Å². The maximum Gasteiger partial charge on any atom is 0.251 e. The van der Waals surface area contributed by atoms with Gasteiger partial charge in [0.05, 0.1) is 13.1 Å². The minimum absolute atomic E-state index is 0.258. The van der Waals surface area contributed by atoms with Crippen molar-refractivity contribution in [2.24, 2.45) is 0 Å². The largest absolute Gasteiger partial charge is 0.345 e. The van der Waals surface area contributed by atoms with Crippen LogP contribution in [0.3, 0.4) is 0 Å². The molecule has 2 rings (SSSR count). The smallest absolute Gasteiger partial charge is 0.251 e. The summed E-state index contributed by atoms with van der Waals surface area (Å²) in [5.74, 6) is -1.34. The number of benzene rings is 2. The summed E-state index contributed by atoms with van der Waals surface area (Å²) in [6, 6.07) is 8.92. The Labute approximate surface area is 154 Å². The molecule has 0 fully saturated rings. The van der Waals surface area contributed by atoms with Crippen LogP contribution in [-0.4, -0.2) is 30.8 Å². The Kier molecular flexibility index (Phi) is 6.61. The first kappa shape index (κ1) is 19.6. The quantitative estimate of drug-likeness (QED) is 0.672. The first-order valence-electron chi connectivity index (χ1n) is 7.75. The van der Waals surface area contributed by atoms with E-state index in [4.69, 9.17) is 6.42 Å². The van der Waals surface area contributed by atoms with Gasteiger partial charge in [0, 0.05) is 22.9 Å². The standard InChI is InChI=1S/C19H15F2N3O3/c1-2-12-4-3-5-16(6-12)24-18(26)11-22-17(25)10-23-19(27)13-7-14(20)9-15(21)8-13/h1,3-9H,10-11H2,(H,22,25)(H,23,27)(H,24,26). The van der Waals surface area contributed by atoms with Gasteiger partial charge in [0.1, 0.15) is 11.6 Å². The van der Waals surface area contributed by atoms with Crippen LogP contribution in [0.2, 0.25) is 0 Å². The Hall–Kier alpha value is -3.73. The van der Waals surface area contributed by atoms with Crippen molar-refractivity contribution in [2.45, 2.75) is 0 Å². The summed E-state index contributed by atoms with van der Waals surface area (Å²) < 4.78 is 26.1. The minimum Gasteiger partial charge on any atom is -0.345 e. The second-order valence-corrected chi connectivity index (χ2v) is 5.39. The van der Waals surface area contributed by atoms with Crippen LogP contribution in [0.25, 0.3) is 0 Å². The molecule has 3 amide bonds. The van der Waals surface area contributed by atoms with Gasteiger partial charge in [0.25, 0.3) is 5.91 Å². The summed E-state index contributed by atoms with van der Waals surface area (Å²) in [6.07, 6.45) is 5.27. The molecule has 0 saturated carbocycles. The second kappa shape index (κ2) is 9.10. The van der Waals surface area contributed by atoms with Crippen molar-refractivity contribution in [2.75, 3.05) is 18.4 Å². The number of terminal acetylenes is 1. The van der Waals surface area contributed by atoms with E-state index >= 15 is 0 Å². The summed E-state index contributed by atoms with van der Waals surface area (Å²) in [5.41, 5.74) is 0.811. The topological polar surface area (TPSA) is 87.3 Å². The zero-order valence-corrected chi connectivity index (χ0v) is 14.0. The van der Waals surface area contributed by atoms with Crippen LogP contribution in [0.5, 0.6) is 0 Å². The van der Waals surface area contributed by atoms with Gasteiger partial charge in [0.2, 0.25) is 11.8 Å². The van der Waals surface area contributed by atoms with Gasteiger partial charge in [0.15, 0.2) is 0 Å². The maximum atomic E-state index is 13.1. The Morgan fingerprint density at radius 2 is 1.59 bits per heavy atom. The number of hydrogen-bond donors (Lipinski definition) is 3. The fraction of sp³-hybridized carbons (Fsp3) is 0.105. The number of hydrogen-bond acceptors (Lipinski definition) is 3. The van der Waals surface area contributed by atoms with Crippen molar-refractivity contribution < 1.29 is 23.2 Å². The molecule has 0 spiro atoms. The predicted octanol–water partition coefficient (Wildman–Crippen LogP) is 1.43.